The molecule has 324 valence electrons. The first-order valence-corrected chi connectivity index (χ1v) is 20.1. The number of hydrogen-bond donors (Lipinski definition) is 5. The number of nitrogens with zero attached hydrogens (tertiary/aromatic N) is 4. The Morgan fingerprint density at radius 3 is 2.08 bits per heavy atom. The highest BCUT2D eigenvalue weighted by atomic mass is 16.7. The summed E-state index contributed by atoms with van der Waals surface area (Å²) in [6.45, 7) is 0.594. The number of ether oxygens (including phenoxy) is 6. The molecule has 0 radical (unpaired) electrons. The Hall–Kier alpha value is -6.18. The van der Waals surface area contributed by atoms with Gasteiger partial charge in [-0.15, -0.1) is 4.99 Å². The fraction of sp³-hybridized carbons (Fsp3) is 0.395. The molecule has 61 heavy (non-hydrogen) atoms. The van der Waals surface area contributed by atoms with Gasteiger partial charge in [0.1, 0.15) is 44.0 Å². The molecule has 4 aromatic rings. The van der Waals surface area contributed by atoms with Crippen molar-refractivity contribution >= 4 is 30.1 Å². The van der Waals surface area contributed by atoms with Crippen LogP contribution in [-0.4, -0.2) is 94.9 Å². The molecule has 0 aliphatic carbocycles. The lowest BCUT2D eigenvalue weighted by Gasteiger charge is -2.30. The number of anilines is 1. The molecule has 5 N–H and O–H groups in total. The smallest absolute Gasteiger partial charge is 0.437 e. The summed E-state index contributed by atoms with van der Waals surface area (Å²) in [5, 5.41) is 29.2. The Morgan fingerprint density at radius 1 is 0.820 bits per heavy atom. The van der Waals surface area contributed by atoms with Crippen LogP contribution in [0.3, 0.4) is 0 Å². The normalized spacial score (nSPS) is 20.4. The zero-order valence-corrected chi connectivity index (χ0v) is 33.5. The van der Waals surface area contributed by atoms with E-state index in [9.17, 15) is 24.6 Å². The van der Waals surface area contributed by atoms with Gasteiger partial charge in [0, 0.05) is 25.9 Å². The van der Waals surface area contributed by atoms with Crippen molar-refractivity contribution in [3.05, 3.63) is 126 Å². The van der Waals surface area contributed by atoms with E-state index in [1.165, 1.54) is 6.07 Å². The number of carbonyl (C=O) groups excluding carboxylic acids is 3. The maximum Gasteiger partial charge on any atom is 0.437 e. The number of amides is 3. The number of rotatable bonds is 16. The molecular weight excluding hydrogens is 791 g/mol. The molecule has 2 fully saturated rings. The monoisotopic (exact) mass is 841 g/mol. The average Bonchev–Trinajstić information content (AvgIpc) is 3.60. The van der Waals surface area contributed by atoms with E-state index in [1.807, 2.05) is 78.9 Å². The summed E-state index contributed by atoms with van der Waals surface area (Å²) in [6, 6.07) is 29.0. The van der Waals surface area contributed by atoms with Gasteiger partial charge in [-0.2, -0.15) is 4.98 Å². The summed E-state index contributed by atoms with van der Waals surface area (Å²) < 4.78 is 35.6. The number of carbonyl (C=O) groups is 3. The van der Waals surface area contributed by atoms with Gasteiger partial charge in [0.15, 0.2) is 12.5 Å². The lowest BCUT2D eigenvalue weighted by Crippen LogP contribution is -2.42. The van der Waals surface area contributed by atoms with Crippen LogP contribution >= 0.6 is 0 Å². The predicted molar refractivity (Wildman–Crippen MR) is 219 cm³/mol. The Bertz CT molecular complexity index is 2080. The summed E-state index contributed by atoms with van der Waals surface area (Å²) in [5.41, 5.74) is 2.49. The number of benzene rings is 3. The van der Waals surface area contributed by atoms with Gasteiger partial charge < -0.3 is 44.0 Å². The standard InChI is InChI=1S/C43H51N7O11/c51-26-33-36(52)37(61-35-20-10-13-25-56-35)38(60-33)50-24-21-34(47-41(53)57-27-30-14-4-1-5-15-30)46-40(50)45-23-12-11-22-44-39(48-42(54)58-28-31-16-6-2-7-17-31)49-43(55)59-29-32-18-8-3-9-19-32/h1-9,14-19,21,24,33,35-38,51-52H,10-13,20,22-23,25-29H2,(H,45,46,47,53)(H2,44,48,49,54,55)/t33-,35?,36-,37-,38-/m1/s1. The predicted octanol–water partition coefficient (Wildman–Crippen LogP) is 4.68. The van der Waals surface area contributed by atoms with Gasteiger partial charge in [0.25, 0.3) is 0 Å². The van der Waals surface area contributed by atoms with E-state index in [4.69, 9.17) is 33.4 Å². The van der Waals surface area contributed by atoms with Crippen molar-refractivity contribution in [2.75, 3.05) is 31.6 Å². The quantitative estimate of drug-likeness (QED) is 0.0448. The minimum atomic E-state index is -1.19. The third-order valence-corrected chi connectivity index (χ3v) is 9.47. The van der Waals surface area contributed by atoms with Crippen molar-refractivity contribution in [3.63, 3.8) is 0 Å². The third kappa shape index (κ3) is 14.2. The van der Waals surface area contributed by atoms with Crippen molar-refractivity contribution in [3.8, 4) is 0 Å². The van der Waals surface area contributed by atoms with Gasteiger partial charge in [-0.3, -0.25) is 20.2 Å². The van der Waals surface area contributed by atoms with Crippen LogP contribution in [0.2, 0.25) is 0 Å². The second-order valence-electron chi connectivity index (χ2n) is 14.0. The number of unbranched alkanes of at least 4 members (excludes halogenated alkanes) is 1. The Balaban J connectivity index is 1.12. The zero-order valence-electron chi connectivity index (χ0n) is 33.5. The van der Waals surface area contributed by atoms with Gasteiger partial charge in [-0.1, -0.05) is 91.0 Å². The first-order chi connectivity index (χ1) is 29.8. The van der Waals surface area contributed by atoms with Crippen LogP contribution in [0.15, 0.2) is 113 Å². The number of aliphatic hydroxyl groups excluding tert-OH is 2. The number of nitrogens with one attached hydrogen (secondary N) is 3. The first kappa shape index (κ1) is 44.4. The van der Waals surface area contributed by atoms with E-state index >= 15 is 0 Å². The molecule has 0 saturated carbocycles. The second kappa shape index (κ2) is 23.6. The molecule has 5 atom stereocenters. The van der Waals surface area contributed by atoms with Gasteiger partial charge in [-0.25, -0.2) is 14.4 Å². The lowest BCUT2D eigenvalue weighted by molar-refractivity contribution is -0.215. The number of guanidine groups is 1. The first-order valence-electron chi connectivity index (χ1n) is 20.1. The topological polar surface area (TPSA) is 226 Å². The minimum Gasteiger partial charge on any atom is -0.444 e. The van der Waals surface area contributed by atoms with Crippen molar-refractivity contribution in [1.29, 1.82) is 0 Å². The number of aromatic nitrogens is 2. The van der Waals surface area contributed by atoms with Crippen LogP contribution in [0.25, 0.3) is 0 Å². The van der Waals surface area contributed by atoms with Gasteiger partial charge >= 0.3 is 18.3 Å². The molecule has 3 heterocycles. The van der Waals surface area contributed by atoms with Crippen molar-refractivity contribution in [1.82, 2.24) is 20.2 Å². The largest absolute Gasteiger partial charge is 0.444 e. The summed E-state index contributed by atoms with van der Waals surface area (Å²) >= 11 is 0. The van der Waals surface area contributed by atoms with Crippen LogP contribution in [0.1, 0.15) is 55.0 Å². The molecule has 0 spiro atoms. The van der Waals surface area contributed by atoms with E-state index in [0.717, 1.165) is 29.5 Å². The SMILES string of the molecule is O=C(/N=C(/NCCCC/N=c1\nc(NC(=O)OCc2ccccc2)ccn1[C@@H]1O[C@H](CO)[C@@H](O)[C@H]1OC1CCCCO1)NC(=O)OCc1ccccc1)OCc1ccccc1. The van der Waals surface area contributed by atoms with Crippen LogP contribution in [0.5, 0.6) is 0 Å². The van der Waals surface area contributed by atoms with Gasteiger partial charge in [0.05, 0.1) is 6.61 Å². The maximum absolute atomic E-state index is 12.8. The highest BCUT2D eigenvalue weighted by Gasteiger charge is 2.47. The molecular formula is C43H51N7O11. The molecule has 3 aromatic carbocycles. The molecule has 3 amide bonds. The van der Waals surface area contributed by atoms with Gasteiger partial charge in [-0.05, 0) is 54.9 Å². The molecule has 6 rings (SSSR count). The maximum atomic E-state index is 12.8. The highest BCUT2D eigenvalue weighted by Crippen LogP contribution is 2.33. The van der Waals surface area contributed by atoms with Crippen LogP contribution in [0, 0.1) is 0 Å². The third-order valence-electron chi connectivity index (χ3n) is 9.47. The molecule has 2 aliphatic heterocycles. The van der Waals surface area contributed by atoms with E-state index in [2.05, 4.69) is 25.9 Å². The Labute approximate surface area is 352 Å². The minimum absolute atomic E-state index is 0.00623. The lowest BCUT2D eigenvalue weighted by atomic mass is 10.1. The number of aliphatic imine (C=N–C) groups is 1. The summed E-state index contributed by atoms with van der Waals surface area (Å²) in [5.74, 6) is -0.0147. The van der Waals surface area contributed by atoms with E-state index in [1.54, 1.807) is 22.9 Å². The summed E-state index contributed by atoms with van der Waals surface area (Å²) in [6.07, 6.45) is -2.08. The molecule has 2 aliphatic rings. The van der Waals surface area contributed by atoms with E-state index in [0.29, 0.717) is 25.9 Å². The summed E-state index contributed by atoms with van der Waals surface area (Å²) in [4.78, 5) is 51.3. The Kier molecular flexibility index (Phi) is 17.1. The Morgan fingerprint density at radius 2 is 1.46 bits per heavy atom. The number of aliphatic hydroxyl groups is 2. The van der Waals surface area contributed by atoms with E-state index < -0.39 is 55.7 Å². The number of alkyl carbamates (subject to hydrolysis) is 1. The zero-order chi connectivity index (χ0) is 42.7. The van der Waals surface area contributed by atoms with Crippen LogP contribution < -0.4 is 21.6 Å². The van der Waals surface area contributed by atoms with Crippen LogP contribution in [0.4, 0.5) is 20.2 Å². The summed E-state index contributed by atoms with van der Waals surface area (Å²) in [7, 11) is 0. The van der Waals surface area contributed by atoms with Crippen molar-refractivity contribution in [2.24, 2.45) is 9.98 Å². The van der Waals surface area contributed by atoms with Gasteiger partial charge in [0.2, 0.25) is 11.6 Å². The van der Waals surface area contributed by atoms with Crippen molar-refractivity contribution in [2.45, 2.75) is 82.8 Å². The second-order valence-corrected chi connectivity index (χ2v) is 14.0. The molecule has 2 saturated heterocycles. The average molecular weight is 842 g/mol. The van der Waals surface area contributed by atoms with Crippen molar-refractivity contribution < 1.29 is 53.0 Å². The fourth-order valence-electron chi connectivity index (χ4n) is 6.34. The fourth-order valence-corrected chi connectivity index (χ4v) is 6.34. The molecule has 1 aromatic heterocycles. The van der Waals surface area contributed by atoms with Crippen LogP contribution in [-0.2, 0) is 48.2 Å². The molecule has 18 nitrogen and oxygen atoms in total. The number of hydrogen-bond acceptors (Lipinski definition) is 13. The van der Waals surface area contributed by atoms with E-state index in [-0.39, 0.29) is 50.3 Å². The molecule has 18 heteroatoms. The highest BCUT2D eigenvalue weighted by molar-refractivity contribution is 5.98. The molecule has 1 unspecified atom stereocenters. The molecule has 0 bridgehead atoms.